The lowest BCUT2D eigenvalue weighted by Crippen LogP contribution is -2.22. The van der Waals surface area contributed by atoms with Crippen LogP contribution in [0.3, 0.4) is 0 Å². The Morgan fingerprint density at radius 3 is 2.50 bits per heavy atom. The van der Waals surface area contributed by atoms with Crippen molar-refractivity contribution in [2.24, 2.45) is 0 Å². The third kappa shape index (κ3) is 4.27. The van der Waals surface area contributed by atoms with E-state index in [-0.39, 0.29) is 11.2 Å². The second-order valence-corrected chi connectivity index (χ2v) is 9.13. The van der Waals surface area contributed by atoms with Crippen LogP contribution < -0.4 is 5.32 Å². The SMILES string of the molecule is Cc1nc(NC(=O)[C@@H](C)Sc2nnc(-c3ccncc3)n2-c2ccccc2)sc1C. The Balaban J connectivity index is 1.62. The number of carbonyl (C=O) groups excluding carboxylic acids is 1. The molecule has 0 saturated carbocycles. The van der Waals surface area contributed by atoms with Gasteiger partial charge in [0.15, 0.2) is 16.1 Å². The first-order valence-corrected chi connectivity index (χ1v) is 11.1. The van der Waals surface area contributed by atoms with Crippen molar-refractivity contribution in [2.45, 2.75) is 31.2 Å². The summed E-state index contributed by atoms with van der Waals surface area (Å²) in [6.45, 7) is 5.77. The lowest BCUT2D eigenvalue weighted by Gasteiger charge is -2.13. The van der Waals surface area contributed by atoms with Gasteiger partial charge < -0.3 is 5.32 Å². The number of carbonyl (C=O) groups is 1. The number of benzene rings is 1. The largest absolute Gasteiger partial charge is 0.301 e. The molecule has 1 aromatic carbocycles. The number of hydrogen-bond donors (Lipinski definition) is 1. The normalized spacial score (nSPS) is 12.0. The van der Waals surface area contributed by atoms with Crippen molar-refractivity contribution >= 4 is 34.1 Å². The molecule has 1 amide bonds. The number of pyridine rings is 1. The lowest BCUT2D eigenvalue weighted by atomic mass is 10.2. The van der Waals surface area contributed by atoms with E-state index in [1.54, 1.807) is 12.4 Å². The molecule has 7 nitrogen and oxygen atoms in total. The molecule has 0 fully saturated rings. The molecule has 0 saturated heterocycles. The van der Waals surface area contributed by atoms with Crippen LogP contribution in [0.1, 0.15) is 17.5 Å². The van der Waals surface area contributed by atoms with Gasteiger partial charge in [-0.25, -0.2) is 4.98 Å². The van der Waals surface area contributed by atoms with Gasteiger partial charge in [-0.1, -0.05) is 30.0 Å². The number of nitrogens with zero attached hydrogens (tertiary/aromatic N) is 5. The quantitative estimate of drug-likeness (QED) is 0.447. The number of aryl methyl sites for hydroxylation is 2. The van der Waals surface area contributed by atoms with Crippen LogP contribution in [-0.2, 0) is 4.79 Å². The standard InChI is InChI=1S/C21H20N6OS2/c1-13-14(2)29-20(23-13)24-19(28)15(3)30-21-26-25-18(16-9-11-22-12-10-16)27(21)17-7-5-4-6-8-17/h4-12,15H,1-3H3,(H,23,24,28)/t15-/m1/s1. The van der Waals surface area contributed by atoms with Crippen molar-refractivity contribution in [2.75, 3.05) is 5.32 Å². The van der Waals surface area contributed by atoms with Crippen molar-refractivity contribution in [1.29, 1.82) is 0 Å². The molecule has 30 heavy (non-hydrogen) atoms. The first-order chi connectivity index (χ1) is 14.5. The minimum absolute atomic E-state index is 0.123. The Labute approximate surface area is 182 Å². The van der Waals surface area contributed by atoms with E-state index in [4.69, 9.17) is 0 Å². The van der Waals surface area contributed by atoms with Gasteiger partial charge in [-0.2, -0.15) is 0 Å². The van der Waals surface area contributed by atoms with Crippen LogP contribution in [0.15, 0.2) is 60.0 Å². The van der Waals surface area contributed by atoms with E-state index in [9.17, 15) is 4.79 Å². The molecule has 0 radical (unpaired) electrons. The van der Waals surface area contributed by atoms with Crippen molar-refractivity contribution in [3.05, 3.63) is 65.4 Å². The molecule has 0 unspecified atom stereocenters. The highest BCUT2D eigenvalue weighted by atomic mass is 32.2. The monoisotopic (exact) mass is 436 g/mol. The molecular weight excluding hydrogens is 416 g/mol. The van der Waals surface area contributed by atoms with E-state index in [1.807, 2.05) is 67.8 Å². The molecule has 3 heterocycles. The fourth-order valence-corrected chi connectivity index (χ4v) is 4.47. The molecule has 1 N–H and O–H groups in total. The predicted molar refractivity (Wildman–Crippen MR) is 120 cm³/mol. The highest BCUT2D eigenvalue weighted by Crippen LogP contribution is 2.30. The average Bonchev–Trinajstić information content (AvgIpc) is 3.31. The van der Waals surface area contributed by atoms with Crippen molar-refractivity contribution in [1.82, 2.24) is 24.7 Å². The van der Waals surface area contributed by atoms with Crippen LogP contribution in [-0.4, -0.2) is 35.9 Å². The molecule has 0 aliphatic carbocycles. The maximum Gasteiger partial charge on any atom is 0.239 e. The molecule has 0 bridgehead atoms. The fraction of sp³-hybridized carbons (Fsp3) is 0.190. The average molecular weight is 437 g/mol. The van der Waals surface area contributed by atoms with E-state index in [0.29, 0.717) is 16.1 Å². The van der Waals surface area contributed by atoms with Crippen molar-refractivity contribution < 1.29 is 4.79 Å². The summed E-state index contributed by atoms with van der Waals surface area (Å²) in [6.07, 6.45) is 3.44. The van der Waals surface area contributed by atoms with E-state index in [1.165, 1.54) is 23.1 Å². The summed E-state index contributed by atoms with van der Waals surface area (Å²) in [7, 11) is 0. The second kappa shape index (κ2) is 8.76. The highest BCUT2D eigenvalue weighted by Gasteiger charge is 2.22. The number of aromatic nitrogens is 5. The Morgan fingerprint density at radius 2 is 1.83 bits per heavy atom. The Morgan fingerprint density at radius 1 is 1.10 bits per heavy atom. The van der Waals surface area contributed by atoms with E-state index in [0.717, 1.165) is 21.8 Å². The Bertz CT molecular complexity index is 1140. The fourth-order valence-electron chi connectivity index (χ4n) is 2.79. The number of hydrogen-bond acceptors (Lipinski definition) is 7. The summed E-state index contributed by atoms with van der Waals surface area (Å²) < 4.78 is 1.96. The maximum atomic E-state index is 12.7. The molecule has 3 aromatic heterocycles. The smallest absolute Gasteiger partial charge is 0.239 e. The number of thiazole rings is 1. The first-order valence-electron chi connectivity index (χ1n) is 9.35. The van der Waals surface area contributed by atoms with Crippen LogP contribution in [0.4, 0.5) is 5.13 Å². The molecule has 152 valence electrons. The molecule has 4 rings (SSSR count). The van der Waals surface area contributed by atoms with E-state index < -0.39 is 0 Å². The summed E-state index contributed by atoms with van der Waals surface area (Å²) in [5.74, 6) is 0.576. The van der Waals surface area contributed by atoms with E-state index in [2.05, 4.69) is 25.5 Å². The zero-order valence-electron chi connectivity index (χ0n) is 16.7. The van der Waals surface area contributed by atoms with Crippen LogP contribution >= 0.6 is 23.1 Å². The van der Waals surface area contributed by atoms with Crippen LogP contribution in [0.2, 0.25) is 0 Å². The maximum absolute atomic E-state index is 12.7. The van der Waals surface area contributed by atoms with Crippen molar-refractivity contribution in [3.8, 4) is 17.1 Å². The summed E-state index contributed by atoms with van der Waals surface area (Å²) in [5.41, 5.74) is 2.76. The Kier molecular flexibility index (Phi) is 5.91. The third-order valence-corrected chi connectivity index (χ3v) is 6.53. The number of nitrogens with one attached hydrogen (secondary N) is 1. The molecule has 1 atom stereocenters. The van der Waals surface area contributed by atoms with Gasteiger partial charge in [-0.05, 0) is 45.0 Å². The minimum Gasteiger partial charge on any atom is -0.301 e. The number of thioether (sulfide) groups is 1. The number of para-hydroxylation sites is 1. The zero-order chi connectivity index (χ0) is 21.1. The second-order valence-electron chi connectivity index (χ2n) is 6.62. The van der Waals surface area contributed by atoms with Gasteiger partial charge in [0, 0.05) is 28.5 Å². The molecule has 0 aliphatic heterocycles. The summed E-state index contributed by atoms with van der Waals surface area (Å²) in [6, 6.07) is 13.6. The molecule has 0 spiro atoms. The van der Waals surface area contributed by atoms with Gasteiger partial charge in [-0.15, -0.1) is 21.5 Å². The summed E-state index contributed by atoms with van der Waals surface area (Å²) in [4.78, 5) is 22.3. The molecule has 0 aliphatic rings. The van der Waals surface area contributed by atoms with E-state index >= 15 is 0 Å². The third-order valence-electron chi connectivity index (χ3n) is 4.50. The van der Waals surface area contributed by atoms with Gasteiger partial charge in [-0.3, -0.25) is 14.3 Å². The van der Waals surface area contributed by atoms with Gasteiger partial charge in [0.1, 0.15) is 0 Å². The number of rotatable bonds is 6. The van der Waals surface area contributed by atoms with Crippen LogP contribution in [0.5, 0.6) is 0 Å². The lowest BCUT2D eigenvalue weighted by molar-refractivity contribution is -0.115. The van der Waals surface area contributed by atoms with Crippen molar-refractivity contribution in [3.63, 3.8) is 0 Å². The van der Waals surface area contributed by atoms with Gasteiger partial charge >= 0.3 is 0 Å². The number of amides is 1. The van der Waals surface area contributed by atoms with Gasteiger partial charge in [0.05, 0.1) is 10.9 Å². The molecular formula is C21H20N6OS2. The predicted octanol–water partition coefficient (Wildman–Crippen LogP) is 4.52. The summed E-state index contributed by atoms with van der Waals surface area (Å²) >= 11 is 2.83. The zero-order valence-corrected chi connectivity index (χ0v) is 18.4. The van der Waals surface area contributed by atoms with Gasteiger partial charge in [0.2, 0.25) is 5.91 Å². The molecule has 9 heteroatoms. The highest BCUT2D eigenvalue weighted by molar-refractivity contribution is 8.00. The Hall–Kier alpha value is -3.04. The minimum atomic E-state index is -0.383. The topological polar surface area (TPSA) is 85.6 Å². The molecule has 4 aromatic rings. The van der Waals surface area contributed by atoms with Gasteiger partial charge in [0.25, 0.3) is 0 Å². The summed E-state index contributed by atoms with van der Waals surface area (Å²) in [5, 5.41) is 12.6. The first kappa shape index (κ1) is 20.2. The number of anilines is 1. The van der Waals surface area contributed by atoms with Crippen LogP contribution in [0.25, 0.3) is 17.1 Å². The van der Waals surface area contributed by atoms with Crippen LogP contribution in [0, 0.1) is 13.8 Å².